The molecule has 0 atom stereocenters. The van der Waals surface area contributed by atoms with Crippen molar-refractivity contribution < 1.29 is 22.7 Å². The van der Waals surface area contributed by atoms with E-state index >= 15 is 0 Å². The first-order valence-corrected chi connectivity index (χ1v) is 9.65. The molecule has 8 heteroatoms. The van der Waals surface area contributed by atoms with Gasteiger partial charge in [-0.05, 0) is 55.5 Å². The van der Waals surface area contributed by atoms with E-state index in [1.165, 1.54) is 30.3 Å². The van der Waals surface area contributed by atoms with E-state index in [0.717, 1.165) is 0 Å². The molecule has 0 aliphatic rings. The minimum absolute atomic E-state index is 0.0553. The fourth-order valence-electron chi connectivity index (χ4n) is 2.14. The number of amides is 1. The van der Waals surface area contributed by atoms with Crippen molar-refractivity contribution in [1.82, 2.24) is 4.72 Å². The van der Waals surface area contributed by atoms with Crippen LogP contribution in [0.15, 0.2) is 66.1 Å². The summed E-state index contributed by atoms with van der Waals surface area (Å²) in [5.74, 6) is -0.834. The van der Waals surface area contributed by atoms with Crippen LogP contribution < -0.4 is 10.0 Å². The second-order valence-corrected chi connectivity index (χ2v) is 7.18. The highest BCUT2D eigenvalue weighted by molar-refractivity contribution is 7.89. The maximum atomic E-state index is 12.3. The van der Waals surface area contributed by atoms with Gasteiger partial charge in [-0.2, -0.15) is 0 Å². The third-order valence-corrected chi connectivity index (χ3v) is 4.94. The van der Waals surface area contributed by atoms with Crippen molar-refractivity contribution in [2.24, 2.45) is 0 Å². The van der Waals surface area contributed by atoms with E-state index in [4.69, 9.17) is 4.74 Å². The van der Waals surface area contributed by atoms with Gasteiger partial charge in [-0.25, -0.2) is 17.9 Å². The zero-order valence-electron chi connectivity index (χ0n) is 14.8. The summed E-state index contributed by atoms with van der Waals surface area (Å²) in [6, 6.07) is 11.8. The monoisotopic (exact) mass is 388 g/mol. The standard InChI is InChI=1S/C19H20N2O5S/c1-3-13-20-27(24,25)17-11-7-14(8-12-17)18(22)21-16-9-5-15(6-10-16)19(23)26-4-2/h3,5-12,20H,1,4,13H2,2H3,(H,21,22). The Morgan fingerprint density at radius 3 is 2.19 bits per heavy atom. The Labute approximate surface area is 158 Å². The summed E-state index contributed by atoms with van der Waals surface area (Å²) in [6.07, 6.45) is 1.44. The Hall–Kier alpha value is -2.97. The number of hydrogen-bond acceptors (Lipinski definition) is 5. The van der Waals surface area contributed by atoms with E-state index < -0.39 is 21.9 Å². The molecule has 142 valence electrons. The highest BCUT2D eigenvalue weighted by atomic mass is 32.2. The number of esters is 1. The minimum Gasteiger partial charge on any atom is -0.462 e. The Kier molecular flexibility index (Phi) is 6.86. The number of anilines is 1. The van der Waals surface area contributed by atoms with Crippen LogP contribution in [-0.4, -0.2) is 33.4 Å². The summed E-state index contributed by atoms with van der Waals surface area (Å²) in [7, 11) is -3.64. The lowest BCUT2D eigenvalue weighted by Gasteiger charge is -2.08. The Balaban J connectivity index is 2.06. The maximum absolute atomic E-state index is 12.3. The molecule has 2 aromatic rings. The van der Waals surface area contributed by atoms with E-state index in [9.17, 15) is 18.0 Å². The van der Waals surface area contributed by atoms with Gasteiger partial charge in [0.05, 0.1) is 17.1 Å². The highest BCUT2D eigenvalue weighted by Crippen LogP contribution is 2.14. The molecule has 0 saturated carbocycles. The van der Waals surface area contributed by atoms with Crippen LogP contribution in [0.4, 0.5) is 5.69 Å². The molecule has 0 saturated heterocycles. The lowest BCUT2D eigenvalue weighted by molar-refractivity contribution is 0.0526. The van der Waals surface area contributed by atoms with E-state index in [0.29, 0.717) is 16.8 Å². The van der Waals surface area contributed by atoms with E-state index in [1.54, 1.807) is 31.2 Å². The van der Waals surface area contributed by atoms with Crippen molar-refractivity contribution in [1.29, 1.82) is 0 Å². The molecule has 2 rings (SSSR count). The lowest BCUT2D eigenvalue weighted by Crippen LogP contribution is -2.23. The van der Waals surface area contributed by atoms with Crippen LogP contribution >= 0.6 is 0 Å². The Bertz CT molecular complexity index is 920. The highest BCUT2D eigenvalue weighted by Gasteiger charge is 2.14. The molecule has 0 fully saturated rings. The number of carbonyl (C=O) groups is 2. The maximum Gasteiger partial charge on any atom is 0.338 e. The van der Waals surface area contributed by atoms with Gasteiger partial charge in [0.25, 0.3) is 5.91 Å². The van der Waals surface area contributed by atoms with Crippen molar-refractivity contribution >= 4 is 27.6 Å². The third-order valence-electron chi connectivity index (χ3n) is 3.50. The van der Waals surface area contributed by atoms with Gasteiger partial charge in [-0.3, -0.25) is 4.79 Å². The molecule has 7 nitrogen and oxygen atoms in total. The van der Waals surface area contributed by atoms with Crippen LogP contribution in [-0.2, 0) is 14.8 Å². The average molecular weight is 388 g/mol. The fourth-order valence-corrected chi connectivity index (χ4v) is 3.14. The molecule has 0 unspecified atom stereocenters. The lowest BCUT2D eigenvalue weighted by atomic mass is 10.2. The molecule has 0 aliphatic heterocycles. The summed E-state index contributed by atoms with van der Waals surface area (Å²) in [4.78, 5) is 24.0. The molecular weight excluding hydrogens is 368 g/mol. The van der Waals surface area contributed by atoms with Gasteiger partial charge in [0.2, 0.25) is 10.0 Å². The van der Waals surface area contributed by atoms with E-state index in [2.05, 4.69) is 16.6 Å². The van der Waals surface area contributed by atoms with Gasteiger partial charge in [0.1, 0.15) is 0 Å². The smallest absolute Gasteiger partial charge is 0.338 e. The molecule has 2 aromatic carbocycles. The van der Waals surface area contributed by atoms with E-state index in [-0.39, 0.29) is 18.0 Å². The van der Waals surface area contributed by atoms with Gasteiger partial charge >= 0.3 is 5.97 Å². The molecule has 0 spiro atoms. The number of benzene rings is 2. The van der Waals surface area contributed by atoms with Crippen LogP contribution in [0.3, 0.4) is 0 Å². The zero-order chi connectivity index (χ0) is 19.9. The van der Waals surface area contributed by atoms with Crippen LogP contribution in [0.5, 0.6) is 0 Å². The zero-order valence-corrected chi connectivity index (χ0v) is 15.6. The first-order chi connectivity index (χ1) is 12.9. The SMILES string of the molecule is C=CCNS(=O)(=O)c1ccc(C(=O)Nc2ccc(C(=O)OCC)cc2)cc1. The second-order valence-electron chi connectivity index (χ2n) is 5.42. The summed E-state index contributed by atoms with van der Waals surface area (Å²) in [5, 5.41) is 2.68. The molecule has 0 aliphatic carbocycles. The summed E-state index contributed by atoms with van der Waals surface area (Å²) >= 11 is 0. The Morgan fingerprint density at radius 1 is 1.04 bits per heavy atom. The molecule has 2 N–H and O–H groups in total. The number of carbonyl (C=O) groups excluding carboxylic acids is 2. The first kappa shape index (κ1) is 20.3. The van der Waals surface area contributed by atoms with Gasteiger partial charge in [-0.15, -0.1) is 6.58 Å². The van der Waals surface area contributed by atoms with Gasteiger partial charge < -0.3 is 10.1 Å². The topological polar surface area (TPSA) is 102 Å². The molecule has 0 bridgehead atoms. The number of sulfonamides is 1. The van der Waals surface area contributed by atoms with Crippen molar-refractivity contribution in [3.05, 3.63) is 72.3 Å². The molecule has 1 amide bonds. The molecule has 27 heavy (non-hydrogen) atoms. The van der Waals surface area contributed by atoms with Crippen molar-refractivity contribution in [3.63, 3.8) is 0 Å². The largest absolute Gasteiger partial charge is 0.462 e. The molecule has 0 radical (unpaired) electrons. The number of ether oxygens (including phenoxy) is 1. The molecule has 0 aromatic heterocycles. The summed E-state index contributed by atoms with van der Waals surface area (Å²) in [5.41, 5.74) is 1.18. The Morgan fingerprint density at radius 2 is 1.63 bits per heavy atom. The predicted molar refractivity (Wildman–Crippen MR) is 102 cm³/mol. The van der Waals surface area contributed by atoms with Crippen LogP contribution in [0, 0.1) is 0 Å². The normalized spacial score (nSPS) is 10.9. The predicted octanol–water partition coefficient (Wildman–Crippen LogP) is 2.58. The second kappa shape index (κ2) is 9.11. The third kappa shape index (κ3) is 5.50. The van der Waals surface area contributed by atoms with Crippen molar-refractivity contribution in [2.45, 2.75) is 11.8 Å². The van der Waals surface area contributed by atoms with Crippen LogP contribution in [0.1, 0.15) is 27.6 Å². The number of hydrogen-bond donors (Lipinski definition) is 2. The summed E-state index contributed by atoms with van der Waals surface area (Å²) in [6.45, 7) is 5.58. The van der Waals surface area contributed by atoms with Gasteiger partial charge in [-0.1, -0.05) is 6.08 Å². The number of nitrogens with one attached hydrogen (secondary N) is 2. The van der Waals surface area contributed by atoms with Gasteiger partial charge in [0, 0.05) is 17.8 Å². The molecule has 0 heterocycles. The van der Waals surface area contributed by atoms with Crippen LogP contribution in [0.2, 0.25) is 0 Å². The fraction of sp³-hybridized carbons (Fsp3) is 0.158. The van der Waals surface area contributed by atoms with Crippen LogP contribution in [0.25, 0.3) is 0 Å². The van der Waals surface area contributed by atoms with Crippen molar-refractivity contribution in [3.8, 4) is 0 Å². The first-order valence-electron chi connectivity index (χ1n) is 8.16. The average Bonchev–Trinajstić information content (AvgIpc) is 2.67. The van der Waals surface area contributed by atoms with Gasteiger partial charge in [0.15, 0.2) is 0 Å². The quantitative estimate of drug-likeness (QED) is 0.535. The molecular formula is C19H20N2O5S. The number of rotatable bonds is 8. The summed E-state index contributed by atoms with van der Waals surface area (Å²) < 4.78 is 31.2. The van der Waals surface area contributed by atoms with E-state index in [1.807, 2.05) is 0 Å². The minimum atomic E-state index is -3.64. The van der Waals surface area contributed by atoms with Crippen molar-refractivity contribution in [2.75, 3.05) is 18.5 Å².